The number of carbonyl (C=O) groups excluding carboxylic acids is 1. The third-order valence-electron chi connectivity index (χ3n) is 5.02. The van der Waals surface area contributed by atoms with E-state index in [-0.39, 0.29) is 12.5 Å². The molecule has 35 heavy (non-hydrogen) atoms. The maximum Gasteiger partial charge on any atom is 0.336 e. The van der Waals surface area contributed by atoms with Crippen molar-refractivity contribution in [2.75, 3.05) is 18.5 Å². The molecule has 0 bridgehead atoms. The normalized spacial score (nSPS) is 10.9. The summed E-state index contributed by atoms with van der Waals surface area (Å²) in [5.74, 6) is 1.34. The van der Waals surface area contributed by atoms with E-state index < -0.39 is 0 Å². The zero-order valence-electron chi connectivity index (χ0n) is 19.9. The van der Waals surface area contributed by atoms with E-state index in [4.69, 9.17) is 21.1 Å². The summed E-state index contributed by atoms with van der Waals surface area (Å²) in [5.41, 5.74) is 3.53. The maximum absolute atomic E-state index is 12.3. The van der Waals surface area contributed by atoms with Crippen LogP contribution < -0.4 is 14.8 Å². The van der Waals surface area contributed by atoms with Crippen molar-refractivity contribution in [2.45, 2.75) is 20.8 Å². The van der Waals surface area contributed by atoms with Gasteiger partial charge in [-0.15, -0.1) is 5.10 Å². The Bertz CT molecular complexity index is 1270. The van der Waals surface area contributed by atoms with E-state index in [1.807, 2.05) is 55.5 Å². The molecule has 1 aromatic heterocycles. The van der Waals surface area contributed by atoms with Gasteiger partial charge in [-0.25, -0.2) is 4.68 Å². The summed E-state index contributed by atoms with van der Waals surface area (Å²) in [5, 5.41) is 8.02. The lowest BCUT2D eigenvalue weighted by molar-refractivity contribution is -0.118. The monoisotopic (exact) mass is 490 g/mol. The van der Waals surface area contributed by atoms with Crippen LogP contribution >= 0.6 is 11.6 Å². The minimum absolute atomic E-state index is 0.111. The zero-order chi connectivity index (χ0) is 24.8. The highest BCUT2D eigenvalue weighted by Gasteiger charge is 2.15. The molecule has 0 spiro atoms. The van der Waals surface area contributed by atoms with Gasteiger partial charge >= 0.3 is 6.01 Å². The molecule has 0 aliphatic rings. The van der Waals surface area contributed by atoms with Crippen LogP contribution in [0.1, 0.15) is 19.4 Å². The molecule has 4 rings (SSSR count). The van der Waals surface area contributed by atoms with E-state index in [9.17, 15) is 4.79 Å². The van der Waals surface area contributed by atoms with Gasteiger partial charge in [0.2, 0.25) is 0 Å². The van der Waals surface area contributed by atoms with E-state index in [1.165, 1.54) is 0 Å². The predicted molar refractivity (Wildman–Crippen MR) is 137 cm³/mol. The van der Waals surface area contributed by atoms with Crippen LogP contribution in [-0.4, -0.2) is 33.9 Å². The second kappa shape index (κ2) is 11.1. The molecule has 0 unspecified atom stereocenters. The van der Waals surface area contributed by atoms with Crippen molar-refractivity contribution in [1.29, 1.82) is 0 Å². The number of hydrogen-bond acceptors (Lipinski definition) is 5. The molecule has 1 heterocycles. The Labute approximate surface area is 209 Å². The molecule has 0 saturated heterocycles. The number of hydrogen-bond donors (Lipinski definition) is 1. The lowest BCUT2D eigenvalue weighted by Gasteiger charge is -2.09. The molecule has 180 valence electrons. The third kappa shape index (κ3) is 6.61. The number of ether oxygens (including phenoxy) is 2. The van der Waals surface area contributed by atoms with E-state index >= 15 is 0 Å². The molecule has 0 aliphatic carbocycles. The van der Waals surface area contributed by atoms with E-state index in [0.29, 0.717) is 40.8 Å². The van der Waals surface area contributed by atoms with E-state index in [0.717, 1.165) is 16.8 Å². The van der Waals surface area contributed by atoms with Crippen molar-refractivity contribution in [3.63, 3.8) is 0 Å². The molecule has 0 atom stereocenters. The van der Waals surface area contributed by atoms with Crippen LogP contribution in [0.25, 0.3) is 17.1 Å². The SMILES string of the molecule is Cc1ccc(-c2nc(OCC(C)C)nn2-c2ccc(NC(=O)COc3ccc(Cl)cc3)cc2)cc1. The summed E-state index contributed by atoms with van der Waals surface area (Å²) in [4.78, 5) is 16.9. The summed E-state index contributed by atoms with van der Waals surface area (Å²) < 4.78 is 13.0. The second-order valence-corrected chi connectivity index (χ2v) is 8.97. The Morgan fingerprint density at radius 2 is 1.66 bits per heavy atom. The van der Waals surface area contributed by atoms with E-state index in [2.05, 4.69) is 29.2 Å². The van der Waals surface area contributed by atoms with Gasteiger partial charge in [-0.3, -0.25) is 4.79 Å². The van der Waals surface area contributed by atoms with Gasteiger partial charge in [0, 0.05) is 16.3 Å². The molecule has 3 aromatic carbocycles. The number of rotatable bonds is 9. The molecule has 0 radical (unpaired) electrons. The fraction of sp³-hybridized carbons (Fsp3) is 0.222. The second-order valence-electron chi connectivity index (χ2n) is 8.54. The number of aryl methyl sites for hydroxylation is 1. The summed E-state index contributed by atoms with van der Waals surface area (Å²) >= 11 is 5.87. The lowest BCUT2D eigenvalue weighted by Crippen LogP contribution is -2.20. The molecule has 0 fully saturated rings. The molecular weight excluding hydrogens is 464 g/mol. The van der Waals surface area contributed by atoms with Crippen LogP contribution in [0.2, 0.25) is 5.02 Å². The van der Waals surface area contributed by atoms with Gasteiger partial charge in [0.05, 0.1) is 12.3 Å². The highest BCUT2D eigenvalue weighted by Crippen LogP contribution is 2.25. The van der Waals surface area contributed by atoms with Crippen molar-refractivity contribution in [3.05, 3.63) is 83.4 Å². The highest BCUT2D eigenvalue weighted by molar-refractivity contribution is 6.30. The number of aromatic nitrogens is 3. The Morgan fingerprint density at radius 1 is 0.971 bits per heavy atom. The number of benzene rings is 3. The zero-order valence-corrected chi connectivity index (χ0v) is 20.6. The quantitative estimate of drug-likeness (QED) is 0.313. The van der Waals surface area contributed by atoms with Crippen molar-refractivity contribution >= 4 is 23.2 Å². The molecule has 8 heteroatoms. The number of amides is 1. The molecule has 0 saturated carbocycles. The van der Waals surface area contributed by atoms with Crippen molar-refractivity contribution in [3.8, 4) is 28.8 Å². The van der Waals surface area contributed by atoms with Crippen LogP contribution in [0.3, 0.4) is 0 Å². The van der Waals surface area contributed by atoms with Crippen LogP contribution in [0, 0.1) is 12.8 Å². The Balaban J connectivity index is 1.48. The fourth-order valence-electron chi connectivity index (χ4n) is 3.23. The molecule has 7 nitrogen and oxygen atoms in total. The Morgan fingerprint density at radius 3 is 2.31 bits per heavy atom. The van der Waals surface area contributed by atoms with Gasteiger partial charge < -0.3 is 14.8 Å². The highest BCUT2D eigenvalue weighted by atomic mass is 35.5. The van der Waals surface area contributed by atoms with Gasteiger partial charge in [0.25, 0.3) is 5.91 Å². The molecule has 1 N–H and O–H groups in total. The van der Waals surface area contributed by atoms with Crippen molar-refractivity contribution in [1.82, 2.24) is 14.8 Å². The summed E-state index contributed by atoms with van der Waals surface area (Å²) in [7, 11) is 0. The molecule has 4 aromatic rings. The first-order chi connectivity index (χ1) is 16.9. The molecule has 1 amide bonds. The smallest absolute Gasteiger partial charge is 0.336 e. The average molecular weight is 491 g/mol. The first kappa shape index (κ1) is 24.3. The van der Waals surface area contributed by atoms with Crippen LogP contribution in [0.4, 0.5) is 5.69 Å². The number of anilines is 1. The van der Waals surface area contributed by atoms with Crippen LogP contribution in [0.15, 0.2) is 72.8 Å². The maximum atomic E-state index is 12.3. The molecule has 0 aliphatic heterocycles. The van der Waals surface area contributed by atoms with Crippen LogP contribution in [-0.2, 0) is 4.79 Å². The van der Waals surface area contributed by atoms with Crippen molar-refractivity contribution < 1.29 is 14.3 Å². The average Bonchev–Trinajstić information content (AvgIpc) is 3.28. The number of halogens is 1. The summed E-state index contributed by atoms with van der Waals surface area (Å²) in [6, 6.07) is 22.6. The van der Waals surface area contributed by atoms with Gasteiger partial charge in [-0.1, -0.05) is 55.3 Å². The van der Waals surface area contributed by atoms with Gasteiger partial charge in [0.1, 0.15) is 5.75 Å². The van der Waals surface area contributed by atoms with Gasteiger partial charge in [0.15, 0.2) is 12.4 Å². The largest absolute Gasteiger partial charge is 0.484 e. The first-order valence-electron chi connectivity index (χ1n) is 11.3. The minimum Gasteiger partial charge on any atom is -0.484 e. The predicted octanol–water partition coefficient (Wildman–Crippen LogP) is 5.95. The minimum atomic E-state index is -0.266. The third-order valence-corrected chi connectivity index (χ3v) is 5.27. The van der Waals surface area contributed by atoms with E-state index in [1.54, 1.807) is 28.9 Å². The Hall–Kier alpha value is -3.84. The standard InChI is InChI=1S/C27H27ClN4O3/c1-18(2)16-35-27-30-26(20-6-4-19(3)5-7-20)32(31-27)23-12-10-22(11-13-23)29-25(33)17-34-24-14-8-21(28)9-15-24/h4-15,18H,16-17H2,1-3H3,(H,29,33). The summed E-state index contributed by atoms with van der Waals surface area (Å²) in [6.45, 7) is 6.61. The first-order valence-corrected chi connectivity index (χ1v) is 11.7. The number of carbonyl (C=O) groups is 1. The topological polar surface area (TPSA) is 78.3 Å². The van der Waals surface area contributed by atoms with Gasteiger partial charge in [-0.05, 0) is 61.4 Å². The lowest BCUT2D eigenvalue weighted by atomic mass is 10.1. The Kier molecular flexibility index (Phi) is 7.67. The summed E-state index contributed by atoms with van der Waals surface area (Å²) in [6.07, 6.45) is 0. The number of nitrogens with zero attached hydrogens (tertiary/aromatic N) is 3. The number of nitrogens with one attached hydrogen (secondary N) is 1. The van der Waals surface area contributed by atoms with Crippen molar-refractivity contribution in [2.24, 2.45) is 5.92 Å². The van der Waals surface area contributed by atoms with Gasteiger partial charge in [-0.2, -0.15) is 4.98 Å². The van der Waals surface area contributed by atoms with Crippen LogP contribution in [0.5, 0.6) is 11.8 Å². The molecular formula is C27H27ClN4O3. The fourth-order valence-corrected chi connectivity index (χ4v) is 3.35.